The van der Waals surface area contributed by atoms with Gasteiger partial charge in [0.15, 0.2) is 0 Å². The lowest BCUT2D eigenvalue weighted by Gasteiger charge is -2.43. The Kier molecular flexibility index (Phi) is 4.35. The van der Waals surface area contributed by atoms with Gasteiger partial charge in [0.2, 0.25) is 0 Å². The summed E-state index contributed by atoms with van der Waals surface area (Å²) in [4.78, 5) is 2.51. The van der Waals surface area contributed by atoms with Crippen LogP contribution in [-0.4, -0.2) is 30.6 Å². The van der Waals surface area contributed by atoms with Gasteiger partial charge in [-0.15, -0.1) is 6.58 Å². The molecule has 0 radical (unpaired) electrons. The lowest BCUT2D eigenvalue weighted by molar-refractivity contribution is 0.0983. The van der Waals surface area contributed by atoms with E-state index in [0.717, 1.165) is 6.42 Å². The van der Waals surface area contributed by atoms with Gasteiger partial charge in [0, 0.05) is 6.04 Å². The molecule has 1 saturated heterocycles. The van der Waals surface area contributed by atoms with Gasteiger partial charge >= 0.3 is 0 Å². The van der Waals surface area contributed by atoms with Crippen LogP contribution in [0.5, 0.6) is 0 Å². The zero-order chi connectivity index (χ0) is 11.5. The van der Waals surface area contributed by atoms with Gasteiger partial charge in [-0.2, -0.15) is 0 Å². The molecule has 2 N–H and O–H groups in total. The second-order valence-electron chi connectivity index (χ2n) is 5.36. The van der Waals surface area contributed by atoms with E-state index in [2.05, 4.69) is 32.3 Å². The second-order valence-corrected chi connectivity index (χ2v) is 5.36. The molecule has 1 fully saturated rings. The summed E-state index contributed by atoms with van der Waals surface area (Å²) < 4.78 is 0. The molecule has 1 heterocycles. The lowest BCUT2D eigenvalue weighted by Crippen LogP contribution is -2.48. The summed E-state index contributed by atoms with van der Waals surface area (Å²) in [6, 6.07) is 0.286. The quantitative estimate of drug-likeness (QED) is 0.722. The highest BCUT2D eigenvalue weighted by atomic mass is 15.1. The molecule has 1 aliphatic rings. The Morgan fingerprint density at radius 3 is 2.40 bits per heavy atom. The van der Waals surface area contributed by atoms with Crippen LogP contribution in [0.1, 0.15) is 40.0 Å². The standard InChI is InChI=1S/C13H26N2/c1-5-15-8-6-13(4,7-9-15)12(14)10-11(2)3/h12H,2,5-10,14H2,1,3-4H3. The third-order valence-corrected chi connectivity index (χ3v) is 3.91. The predicted molar refractivity (Wildman–Crippen MR) is 66.9 cm³/mol. The van der Waals surface area contributed by atoms with Crippen molar-refractivity contribution in [1.29, 1.82) is 0 Å². The molecule has 0 spiro atoms. The SMILES string of the molecule is C=C(C)CC(N)C1(C)CCN(CC)CC1. The van der Waals surface area contributed by atoms with Crippen LogP contribution in [0.25, 0.3) is 0 Å². The van der Waals surface area contributed by atoms with E-state index in [1.807, 2.05) is 0 Å². The Labute approximate surface area is 94.5 Å². The van der Waals surface area contributed by atoms with E-state index >= 15 is 0 Å². The van der Waals surface area contributed by atoms with E-state index in [1.165, 1.54) is 38.0 Å². The highest BCUT2D eigenvalue weighted by Gasteiger charge is 2.34. The van der Waals surface area contributed by atoms with Crippen LogP contribution in [-0.2, 0) is 0 Å². The van der Waals surface area contributed by atoms with Crippen molar-refractivity contribution < 1.29 is 0 Å². The number of nitrogens with zero attached hydrogens (tertiary/aromatic N) is 1. The fourth-order valence-corrected chi connectivity index (χ4v) is 2.37. The molecule has 1 aliphatic heterocycles. The fraction of sp³-hybridized carbons (Fsp3) is 0.846. The normalized spacial score (nSPS) is 23.7. The van der Waals surface area contributed by atoms with Crippen molar-refractivity contribution in [2.45, 2.75) is 46.1 Å². The summed E-state index contributed by atoms with van der Waals surface area (Å²) in [7, 11) is 0. The van der Waals surface area contributed by atoms with Gasteiger partial charge in [-0.3, -0.25) is 0 Å². The summed E-state index contributed by atoms with van der Waals surface area (Å²) >= 11 is 0. The molecule has 0 aromatic heterocycles. The maximum Gasteiger partial charge on any atom is 0.0131 e. The summed E-state index contributed by atoms with van der Waals surface area (Å²) in [6.07, 6.45) is 3.44. The van der Waals surface area contributed by atoms with Gasteiger partial charge in [0.05, 0.1) is 0 Å². The number of piperidine rings is 1. The fourth-order valence-electron chi connectivity index (χ4n) is 2.37. The molecule has 0 saturated carbocycles. The van der Waals surface area contributed by atoms with E-state index in [4.69, 9.17) is 5.73 Å². The number of hydrogen-bond acceptors (Lipinski definition) is 2. The van der Waals surface area contributed by atoms with Gasteiger partial charge in [-0.25, -0.2) is 0 Å². The van der Waals surface area contributed by atoms with E-state index in [1.54, 1.807) is 0 Å². The van der Waals surface area contributed by atoms with Crippen LogP contribution in [0, 0.1) is 5.41 Å². The molecule has 1 atom stereocenters. The molecular formula is C13H26N2. The Bertz CT molecular complexity index is 215. The average molecular weight is 210 g/mol. The van der Waals surface area contributed by atoms with Crippen molar-refractivity contribution in [3.63, 3.8) is 0 Å². The first-order chi connectivity index (χ1) is 6.98. The Morgan fingerprint density at radius 1 is 1.47 bits per heavy atom. The third-order valence-electron chi connectivity index (χ3n) is 3.91. The van der Waals surface area contributed by atoms with E-state index in [0.29, 0.717) is 5.41 Å². The number of likely N-dealkylation sites (tertiary alicyclic amines) is 1. The Hall–Kier alpha value is -0.340. The molecule has 2 nitrogen and oxygen atoms in total. The summed E-state index contributed by atoms with van der Waals surface area (Å²) in [5.41, 5.74) is 7.83. The first kappa shape index (κ1) is 12.7. The molecule has 15 heavy (non-hydrogen) atoms. The second kappa shape index (κ2) is 5.13. The van der Waals surface area contributed by atoms with E-state index < -0.39 is 0 Å². The maximum absolute atomic E-state index is 6.29. The van der Waals surface area contributed by atoms with Gasteiger partial charge in [0.1, 0.15) is 0 Å². The largest absolute Gasteiger partial charge is 0.327 e. The van der Waals surface area contributed by atoms with Gasteiger partial charge < -0.3 is 10.6 Å². The van der Waals surface area contributed by atoms with Crippen LogP contribution < -0.4 is 5.73 Å². The van der Waals surface area contributed by atoms with Crippen LogP contribution in [0.3, 0.4) is 0 Å². The Morgan fingerprint density at radius 2 is 2.00 bits per heavy atom. The van der Waals surface area contributed by atoms with Gasteiger partial charge in [-0.05, 0) is 51.2 Å². The van der Waals surface area contributed by atoms with Crippen molar-refractivity contribution >= 4 is 0 Å². The molecule has 0 aliphatic carbocycles. The first-order valence-corrected chi connectivity index (χ1v) is 6.10. The van der Waals surface area contributed by atoms with E-state index in [9.17, 15) is 0 Å². The molecule has 2 heteroatoms. The highest BCUT2D eigenvalue weighted by molar-refractivity contribution is 4.99. The predicted octanol–water partition coefficient (Wildman–Crippen LogP) is 2.40. The lowest BCUT2D eigenvalue weighted by atomic mass is 9.72. The molecule has 0 amide bonds. The summed E-state index contributed by atoms with van der Waals surface area (Å²) in [5.74, 6) is 0. The topological polar surface area (TPSA) is 29.3 Å². The minimum atomic E-state index is 0.286. The zero-order valence-corrected chi connectivity index (χ0v) is 10.6. The van der Waals surface area contributed by atoms with Gasteiger partial charge in [0.25, 0.3) is 0 Å². The minimum absolute atomic E-state index is 0.286. The molecule has 1 unspecified atom stereocenters. The molecule has 1 rings (SSSR count). The van der Waals surface area contributed by atoms with Crippen molar-refractivity contribution in [2.75, 3.05) is 19.6 Å². The highest BCUT2D eigenvalue weighted by Crippen LogP contribution is 2.35. The number of nitrogens with two attached hydrogens (primary N) is 1. The molecule has 0 aromatic carbocycles. The number of hydrogen-bond donors (Lipinski definition) is 1. The van der Waals surface area contributed by atoms with Crippen LogP contribution in [0.4, 0.5) is 0 Å². The Balaban J connectivity index is 2.49. The smallest absolute Gasteiger partial charge is 0.0131 e. The van der Waals surface area contributed by atoms with Crippen molar-refractivity contribution in [3.05, 3.63) is 12.2 Å². The number of rotatable bonds is 4. The monoisotopic (exact) mass is 210 g/mol. The van der Waals surface area contributed by atoms with Crippen LogP contribution in [0.15, 0.2) is 12.2 Å². The summed E-state index contributed by atoms with van der Waals surface area (Å²) in [5, 5.41) is 0. The minimum Gasteiger partial charge on any atom is -0.327 e. The van der Waals surface area contributed by atoms with Crippen LogP contribution in [0.2, 0.25) is 0 Å². The molecule has 88 valence electrons. The van der Waals surface area contributed by atoms with Crippen molar-refractivity contribution in [1.82, 2.24) is 4.90 Å². The molecular weight excluding hydrogens is 184 g/mol. The zero-order valence-electron chi connectivity index (χ0n) is 10.6. The van der Waals surface area contributed by atoms with Crippen molar-refractivity contribution in [3.8, 4) is 0 Å². The van der Waals surface area contributed by atoms with Crippen LogP contribution >= 0.6 is 0 Å². The van der Waals surface area contributed by atoms with Crippen molar-refractivity contribution in [2.24, 2.45) is 11.1 Å². The first-order valence-electron chi connectivity index (χ1n) is 6.10. The van der Waals surface area contributed by atoms with E-state index in [-0.39, 0.29) is 6.04 Å². The van der Waals surface area contributed by atoms with Gasteiger partial charge in [-0.1, -0.05) is 19.4 Å². The maximum atomic E-state index is 6.29. The average Bonchev–Trinajstić information content (AvgIpc) is 2.18. The molecule has 0 aromatic rings. The third kappa shape index (κ3) is 3.32. The molecule has 0 bridgehead atoms. The summed E-state index contributed by atoms with van der Waals surface area (Å²) in [6.45, 7) is 14.2.